The molecule has 1 amide bonds. The van der Waals surface area contributed by atoms with Gasteiger partial charge in [-0.15, -0.1) is 0 Å². The van der Waals surface area contributed by atoms with Crippen LogP contribution in [-0.2, 0) is 6.42 Å². The topological polar surface area (TPSA) is 84.3 Å². The molecule has 0 fully saturated rings. The van der Waals surface area contributed by atoms with Crippen LogP contribution < -0.4 is 10.6 Å². The van der Waals surface area contributed by atoms with Crippen LogP contribution in [0.15, 0.2) is 42.5 Å². The van der Waals surface area contributed by atoms with Gasteiger partial charge in [-0.1, -0.05) is 12.1 Å². The summed E-state index contributed by atoms with van der Waals surface area (Å²) in [5.41, 5.74) is 3.48. The Balaban J connectivity index is 1.97. The third kappa shape index (κ3) is 4.29. The standard InChI is InChI=1S/C17H19N3O3/c1-12-10-15(20(22)23)6-7-16(12)19-9-8-13-4-3-5-14(11-13)17(21)18-2/h3-7,10-11,19H,8-9H2,1-2H3,(H,18,21). The zero-order valence-corrected chi connectivity index (χ0v) is 13.1. The number of rotatable bonds is 6. The van der Waals surface area contributed by atoms with Crippen molar-refractivity contribution in [2.24, 2.45) is 0 Å². The van der Waals surface area contributed by atoms with Crippen LogP contribution in [0.4, 0.5) is 11.4 Å². The van der Waals surface area contributed by atoms with Crippen LogP contribution in [0.5, 0.6) is 0 Å². The minimum atomic E-state index is -0.402. The number of carbonyl (C=O) groups excluding carboxylic acids is 1. The fourth-order valence-corrected chi connectivity index (χ4v) is 2.31. The van der Waals surface area contributed by atoms with Crippen LogP contribution in [0.2, 0.25) is 0 Å². The van der Waals surface area contributed by atoms with Crippen molar-refractivity contribution in [3.05, 3.63) is 69.3 Å². The summed E-state index contributed by atoms with van der Waals surface area (Å²) >= 11 is 0. The summed E-state index contributed by atoms with van der Waals surface area (Å²) in [5.74, 6) is -0.106. The van der Waals surface area contributed by atoms with Gasteiger partial charge in [-0.2, -0.15) is 0 Å². The molecule has 0 aliphatic rings. The van der Waals surface area contributed by atoms with Gasteiger partial charge < -0.3 is 10.6 Å². The molecule has 0 bridgehead atoms. The van der Waals surface area contributed by atoms with Crippen molar-refractivity contribution in [3.8, 4) is 0 Å². The molecule has 2 rings (SSSR count). The Hall–Kier alpha value is -2.89. The van der Waals surface area contributed by atoms with E-state index in [1.54, 1.807) is 25.2 Å². The van der Waals surface area contributed by atoms with E-state index in [-0.39, 0.29) is 11.6 Å². The van der Waals surface area contributed by atoms with Gasteiger partial charge in [0.25, 0.3) is 11.6 Å². The highest BCUT2D eigenvalue weighted by Gasteiger charge is 2.08. The van der Waals surface area contributed by atoms with Crippen molar-refractivity contribution in [1.29, 1.82) is 0 Å². The summed E-state index contributed by atoms with van der Waals surface area (Å²) in [6.07, 6.45) is 0.751. The number of non-ortho nitro benzene ring substituents is 1. The molecular weight excluding hydrogens is 294 g/mol. The Morgan fingerprint density at radius 1 is 1.22 bits per heavy atom. The number of benzene rings is 2. The summed E-state index contributed by atoms with van der Waals surface area (Å²) in [6, 6.07) is 12.2. The predicted molar refractivity (Wildman–Crippen MR) is 89.9 cm³/mol. The smallest absolute Gasteiger partial charge is 0.269 e. The maximum Gasteiger partial charge on any atom is 0.269 e. The summed E-state index contributed by atoms with van der Waals surface area (Å²) in [7, 11) is 1.61. The average Bonchev–Trinajstić information content (AvgIpc) is 2.55. The van der Waals surface area contributed by atoms with Gasteiger partial charge in [0.2, 0.25) is 0 Å². The first-order valence-electron chi connectivity index (χ1n) is 7.31. The number of hydrogen-bond acceptors (Lipinski definition) is 4. The zero-order chi connectivity index (χ0) is 16.8. The number of anilines is 1. The molecule has 0 atom stereocenters. The van der Waals surface area contributed by atoms with Crippen molar-refractivity contribution < 1.29 is 9.72 Å². The first-order valence-corrected chi connectivity index (χ1v) is 7.31. The largest absolute Gasteiger partial charge is 0.384 e. The molecule has 0 saturated heterocycles. The van der Waals surface area contributed by atoms with Gasteiger partial charge in [0.15, 0.2) is 0 Å². The van der Waals surface area contributed by atoms with Crippen molar-refractivity contribution >= 4 is 17.3 Å². The molecule has 0 saturated carbocycles. The molecule has 0 aromatic heterocycles. The minimum absolute atomic E-state index is 0.0892. The highest BCUT2D eigenvalue weighted by molar-refractivity contribution is 5.94. The molecule has 6 nitrogen and oxygen atoms in total. The second kappa shape index (κ2) is 7.40. The van der Waals surface area contributed by atoms with E-state index in [0.29, 0.717) is 12.1 Å². The van der Waals surface area contributed by atoms with Gasteiger partial charge in [0, 0.05) is 37.0 Å². The Bertz CT molecular complexity index is 729. The third-order valence-electron chi connectivity index (χ3n) is 3.57. The van der Waals surface area contributed by atoms with Crippen molar-refractivity contribution in [3.63, 3.8) is 0 Å². The normalized spacial score (nSPS) is 10.2. The van der Waals surface area contributed by atoms with Crippen molar-refractivity contribution in [1.82, 2.24) is 5.32 Å². The molecule has 0 heterocycles. The number of nitro benzene ring substituents is 1. The number of nitrogens with zero attached hydrogens (tertiary/aromatic N) is 1. The quantitative estimate of drug-likeness (QED) is 0.634. The van der Waals surface area contributed by atoms with Crippen LogP contribution in [0, 0.1) is 17.0 Å². The highest BCUT2D eigenvalue weighted by Crippen LogP contribution is 2.21. The van der Waals surface area contributed by atoms with E-state index < -0.39 is 4.92 Å². The van der Waals surface area contributed by atoms with Crippen LogP contribution in [0.1, 0.15) is 21.5 Å². The minimum Gasteiger partial charge on any atom is -0.384 e. The number of nitrogens with one attached hydrogen (secondary N) is 2. The fourth-order valence-electron chi connectivity index (χ4n) is 2.31. The molecule has 2 N–H and O–H groups in total. The molecule has 0 aliphatic carbocycles. The van der Waals surface area contributed by atoms with E-state index in [2.05, 4.69) is 10.6 Å². The number of carbonyl (C=O) groups is 1. The molecule has 0 aliphatic heterocycles. The van der Waals surface area contributed by atoms with Crippen molar-refractivity contribution in [2.75, 3.05) is 18.9 Å². The third-order valence-corrected chi connectivity index (χ3v) is 3.57. The Labute approximate surface area is 134 Å². The number of hydrogen-bond donors (Lipinski definition) is 2. The number of amides is 1. The molecule has 6 heteroatoms. The lowest BCUT2D eigenvalue weighted by Crippen LogP contribution is -2.18. The van der Waals surface area contributed by atoms with E-state index in [1.807, 2.05) is 25.1 Å². The van der Waals surface area contributed by atoms with Crippen LogP contribution in [0.25, 0.3) is 0 Å². The predicted octanol–water partition coefficient (Wildman–Crippen LogP) is 2.92. The lowest BCUT2D eigenvalue weighted by Gasteiger charge is -2.10. The second-order valence-corrected chi connectivity index (χ2v) is 5.21. The zero-order valence-electron chi connectivity index (χ0n) is 13.1. The summed E-state index contributed by atoms with van der Waals surface area (Å²) in [6.45, 7) is 2.51. The summed E-state index contributed by atoms with van der Waals surface area (Å²) < 4.78 is 0. The Kier molecular flexibility index (Phi) is 5.30. The van der Waals surface area contributed by atoms with E-state index in [1.165, 1.54) is 6.07 Å². The van der Waals surface area contributed by atoms with Gasteiger partial charge in [-0.3, -0.25) is 14.9 Å². The van der Waals surface area contributed by atoms with E-state index in [4.69, 9.17) is 0 Å². The highest BCUT2D eigenvalue weighted by atomic mass is 16.6. The Morgan fingerprint density at radius 3 is 2.65 bits per heavy atom. The van der Waals surface area contributed by atoms with Crippen LogP contribution in [-0.4, -0.2) is 24.4 Å². The van der Waals surface area contributed by atoms with Gasteiger partial charge in [0.1, 0.15) is 0 Å². The fraction of sp³-hybridized carbons (Fsp3) is 0.235. The summed E-state index contributed by atoms with van der Waals surface area (Å²) in [4.78, 5) is 21.9. The molecule has 0 spiro atoms. The first-order chi connectivity index (χ1) is 11.0. The lowest BCUT2D eigenvalue weighted by atomic mass is 10.1. The molecule has 120 valence electrons. The van der Waals surface area contributed by atoms with Gasteiger partial charge >= 0.3 is 0 Å². The Morgan fingerprint density at radius 2 is 2.00 bits per heavy atom. The average molecular weight is 313 g/mol. The van der Waals surface area contributed by atoms with Crippen LogP contribution >= 0.6 is 0 Å². The van der Waals surface area contributed by atoms with Crippen molar-refractivity contribution in [2.45, 2.75) is 13.3 Å². The van der Waals surface area contributed by atoms with Crippen LogP contribution in [0.3, 0.4) is 0 Å². The maximum atomic E-state index is 11.6. The second-order valence-electron chi connectivity index (χ2n) is 5.21. The van der Waals surface area contributed by atoms with E-state index >= 15 is 0 Å². The number of nitro groups is 1. The summed E-state index contributed by atoms with van der Waals surface area (Å²) in [5, 5.41) is 16.6. The van der Waals surface area contributed by atoms with Gasteiger partial charge in [-0.25, -0.2) is 0 Å². The molecule has 23 heavy (non-hydrogen) atoms. The first kappa shape index (κ1) is 16.5. The van der Waals surface area contributed by atoms with Gasteiger partial charge in [0.05, 0.1) is 4.92 Å². The lowest BCUT2D eigenvalue weighted by molar-refractivity contribution is -0.384. The van der Waals surface area contributed by atoms with E-state index in [0.717, 1.165) is 23.2 Å². The molecule has 0 unspecified atom stereocenters. The van der Waals surface area contributed by atoms with E-state index in [9.17, 15) is 14.9 Å². The van der Waals surface area contributed by atoms with Gasteiger partial charge in [-0.05, 0) is 42.7 Å². The maximum absolute atomic E-state index is 11.6. The molecule has 2 aromatic carbocycles. The molecule has 2 aromatic rings. The molecule has 0 radical (unpaired) electrons. The SMILES string of the molecule is CNC(=O)c1cccc(CCNc2ccc([N+](=O)[O-])cc2C)c1. The molecular formula is C17H19N3O3. The monoisotopic (exact) mass is 313 g/mol. The number of aryl methyl sites for hydroxylation is 1.